The van der Waals surface area contributed by atoms with Gasteiger partial charge in [-0.3, -0.25) is 9.20 Å². The minimum Gasteiger partial charge on any atom is -0.378 e. The predicted octanol–water partition coefficient (Wildman–Crippen LogP) is 4.12. The summed E-state index contributed by atoms with van der Waals surface area (Å²) in [6, 6.07) is 5.73. The first-order chi connectivity index (χ1) is 13.8. The number of aromatic nitrogens is 2. The van der Waals surface area contributed by atoms with Crippen molar-refractivity contribution < 1.29 is 27.1 Å². The minimum atomic E-state index is -2.77. The van der Waals surface area contributed by atoms with E-state index in [1.807, 2.05) is 0 Å². The summed E-state index contributed by atoms with van der Waals surface area (Å²) >= 11 is 0. The van der Waals surface area contributed by atoms with E-state index in [1.54, 1.807) is 0 Å². The molecule has 0 radical (unpaired) electrons. The molecule has 1 aromatic carbocycles. The molecule has 5 nitrogen and oxygen atoms in total. The first-order valence-electron chi connectivity index (χ1n) is 8.90. The standard InChI is InChI=1S/C20H17F4N3O2/c1-29-10-14-9-16(17(23)24)27-5-2-15(18(27)25-14)19(28)26-20(3-4-20)11-6-12(21)8-13(22)7-11/h2,5-9,17H,3-4,10H2,1H3,(H,26,28). The highest BCUT2D eigenvalue weighted by molar-refractivity contribution is 6.00. The van der Waals surface area contributed by atoms with Gasteiger partial charge >= 0.3 is 0 Å². The average Bonchev–Trinajstić information content (AvgIpc) is 3.30. The highest BCUT2D eigenvalue weighted by Crippen LogP contribution is 2.46. The number of amides is 1. The number of rotatable bonds is 6. The van der Waals surface area contributed by atoms with Crippen LogP contribution in [0.3, 0.4) is 0 Å². The molecule has 0 aliphatic heterocycles. The van der Waals surface area contributed by atoms with Crippen molar-refractivity contribution in [2.24, 2.45) is 0 Å². The molecular weight excluding hydrogens is 390 g/mol. The van der Waals surface area contributed by atoms with Crippen LogP contribution < -0.4 is 5.32 Å². The number of nitrogens with one attached hydrogen (secondary N) is 1. The molecule has 1 amide bonds. The van der Waals surface area contributed by atoms with Gasteiger partial charge in [0.05, 0.1) is 29.1 Å². The lowest BCUT2D eigenvalue weighted by atomic mass is 10.0. The van der Waals surface area contributed by atoms with E-state index in [2.05, 4.69) is 10.3 Å². The number of hydrogen-bond donors (Lipinski definition) is 1. The number of carbonyl (C=O) groups is 1. The number of hydrogen-bond acceptors (Lipinski definition) is 3. The summed E-state index contributed by atoms with van der Waals surface area (Å²) < 4.78 is 60.2. The number of alkyl halides is 2. The van der Waals surface area contributed by atoms with Crippen molar-refractivity contribution in [1.82, 2.24) is 14.7 Å². The maximum Gasteiger partial charge on any atom is 0.278 e. The fourth-order valence-electron chi connectivity index (χ4n) is 3.45. The molecule has 1 N–H and O–H groups in total. The predicted molar refractivity (Wildman–Crippen MR) is 95.6 cm³/mol. The van der Waals surface area contributed by atoms with E-state index < -0.39 is 29.5 Å². The van der Waals surface area contributed by atoms with Crippen LogP contribution in [0.2, 0.25) is 0 Å². The number of carbonyl (C=O) groups excluding carboxylic acids is 1. The van der Waals surface area contributed by atoms with E-state index in [0.717, 1.165) is 10.5 Å². The molecule has 1 aliphatic rings. The molecule has 0 atom stereocenters. The van der Waals surface area contributed by atoms with Gasteiger partial charge in [0, 0.05) is 19.4 Å². The Hall–Kier alpha value is -2.94. The molecule has 0 unspecified atom stereocenters. The van der Waals surface area contributed by atoms with Gasteiger partial charge in [-0.25, -0.2) is 22.5 Å². The Morgan fingerprint density at radius 2 is 1.93 bits per heavy atom. The smallest absolute Gasteiger partial charge is 0.278 e. The molecule has 3 aromatic rings. The number of fused-ring (bicyclic) bond motifs is 1. The Morgan fingerprint density at radius 3 is 2.52 bits per heavy atom. The Morgan fingerprint density at radius 1 is 1.24 bits per heavy atom. The van der Waals surface area contributed by atoms with E-state index in [-0.39, 0.29) is 29.2 Å². The molecule has 29 heavy (non-hydrogen) atoms. The van der Waals surface area contributed by atoms with Gasteiger partial charge in [-0.05, 0) is 42.7 Å². The highest BCUT2D eigenvalue weighted by atomic mass is 19.3. The van der Waals surface area contributed by atoms with Crippen molar-refractivity contribution in [3.05, 3.63) is 70.7 Å². The lowest BCUT2D eigenvalue weighted by Gasteiger charge is -2.18. The molecule has 4 rings (SSSR count). The number of nitrogens with zero attached hydrogens (tertiary/aromatic N) is 2. The third kappa shape index (κ3) is 3.57. The minimum absolute atomic E-state index is 0.00889. The highest BCUT2D eigenvalue weighted by Gasteiger charge is 2.46. The van der Waals surface area contributed by atoms with Crippen LogP contribution in [0.1, 0.15) is 46.6 Å². The zero-order valence-electron chi connectivity index (χ0n) is 15.4. The summed E-state index contributed by atoms with van der Waals surface area (Å²) in [7, 11) is 1.41. The van der Waals surface area contributed by atoms with Crippen LogP contribution >= 0.6 is 0 Å². The van der Waals surface area contributed by atoms with Crippen LogP contribution in [0.4, 0.5) is 17.6 Å². The number of benzene rings is 1. The molecule has 0 spiro atoms. The van der Waals surface area contributed by atoms with Crippen molar-refractivity contribution in [2.45, 2.75) is 31.4 Å². The summed E-state index contributed by atoms with van der Waals surface area (Å²) in [5.41, 5.74) is -0.454. The maximum absolute atomic E-state index is 13.6. The SMILES string of the molecule is COCc1cc(C(F)F)n2ccc(C(=O)NC3(c4cc(F)cc(F)c4)CC3)c2n1. The molecule has 1 aliphatic carbocycles. The topological polar surface area (TPSA) is 55.6 Å². The van der Waals surface area contributed by atoms with Crippen LogP contribution in [-0.4, -0.2) is 22.4 Å². The van der Waals surface area contributed by atoms with Gasteiger partial charge in [0.25, 0.3) is 12.3 Å². The molecule has 0 bridgehead atoms. The molecule has 2 aromatic heterocycles. The van der Waals surface area contributed by atoms with Gasteiger partial charge < -0.3 is 10.1 Å². The lowest BCUT2D eigenvalue weighted by molar-refractivity contribution is 0.0931. The van der Waals surface area contributed by atoms with Crippen LogP contribution in [0.15, 0.2) is 36.5 Å². The largest absolute Gasteiger partial charge is 0.378 e. The van der Waals surface area contributed by atoms with Crippen LogP contribution in [0.25, 0.3) is 5.65 Å². The normalized spacial score (nSPS) is 15.1. The first kappa shape index (κ1) is 19.4. The monoisotopic (exact) mass is 407 g/mol. The molecule has 152 valence electrons. The second-order valence-corrected chi connectivity index (χ2v) is 7.02. The van der Waals surface area contributed by atoms with Crippen molar-refractivity contribution in [1.29, 1.82) is 0 Å². The van der Waals surface area contributed by atoms with Crippen molar-refractivity contribution in [2.75, 3.05) is 7.11 Å². The summed E-state index contributed by atoms with van der Waals surface area (Å²) in [6.45, 7) is 0.00889. The van der Waals surface area contributed by atoms with E-state index in [9.17, 15) is 22.4 Å². The Kier molecular flexibility index (Phi) is 4.77. The average molecular weight is 407 g/mol. The number of methoxy groups -OCH3 is 1. The van der Waals surface area contributed by atoms with Crippen molar-refractivity contribution in [3.63, 3.8) is 0 Å². The van der Waals surface area contributed by atoms with E-state index in [4.69, 9.17) is 4.74 Å². The van der Waals surface area contributed by atoms with E-state index >= 15 is 0 Å². The van der Waals surface area contributed by atoms with Crippen LogP contribution in [0.5, 0.6) is 0 Å². The van der Waals surface area contributed by atoms with Crippen molar-refractivity contribution in [3.8, 4) is 0 Å². The quantitative estimate of drug-likeness (QED) is 0.626. The summed E-state index contributed by atoms with van der Waals surface area (Å²) in [4.78, 5) is 17.2. The van der Waals surface area contributed by atoms with Crippen LogP contribution in [0, 0.1) is 11.6 Å². The molecule has 1 fully saturated rings. The van der Waals surface area contributed by atoms with E-state index in [1.165, 1.54) is 37.6 Å². The van der Waals surface area contributed by atoms with E-state index in [0.29, 0.717) is 18.4 Å². The molecular formula is C20H17F4N3O2. The zero-order chi connectivity index (χ0) is 20.8. The Balaban J connectivity index is 1.70. The fraction of sp³-hybridized carbons (Fsp3) is 0.300. The number of halogens is 4. The zero-order valence-corrected chi connectivity index (χ0v) is 15.4. The lowest BCUT2D eigenvalue weighted by Crippen LogP contribution is -2.35. The van der Waals surface area contributed by atoms with Gasteiger partial charge in [0.15, 0.2) is 0 Å². The van der Waals surface area contributed by atoms with Gasteiger partial charge in [-0.15, -0.1) is 0 Å². The fourth-order valence-corrected chi connectivity index (χ4v) is 3.45. The number of ether oxygens (including phenoxy) is 1. The Bertz CT molecular complexity index is 1070. The van der Waals surface area contributed by atoms with Gasteiger partial charge in [-0.1, -0.05) is 0 Å². The summed E-state index contributed by atoms with van der Waals surface area (Å²) in [6.07, 6.45) is -0.406. The third-order valence-corrected chi connectivity index (χ3v) is 4.98. The summed E-state index contributed by atoms with van der Waals surface area (Å²) in [5, 5.41) is 2.79. The molecule has 1 saturated carbocycles. The third-order valence-electron chi connectivity index (χ3n) is 4.98. The summed E-state index contributed by atoms with van der Waals surface area (Å²) in [5.74, 6) is -2.03. The molecule has 9 heteroatoms. The maximum atomic E-state index is 13.6. The van der Waals surface area contributed by atoms with Crippen LogP contribution in [-0.2, 0) is 16.9 Å². The first-order valence-corrected chi connectivity index (χ1v) is 8.90. The second kappa shape index (κ2) is 7.14. The van der Waals surface area contributed by atoms with Gasteiger partial charge in [0.2, 0.25) is 0 Å². The Labute approximate surface area is 163 Å². The molecule has 2 heterocycles. The van der Waals surface area contributed by atoms with Gasteiger partial charge in [0.1, 0.15) is 17.3 Å². The second-order valence-electron chi connectivity index (χ2n) is 7.02. The molecule has 0 saturated heterocycles. The van der Waals surface area contributed by atoms with Gasteiger partial charge in [-0.2, -0.15) is 0 Å². The van der Waals surface area contributed by atoms with Crippen molar-refractivity contribution >= 4 is 11.6 Å².